The second-order valence-electron chi connectivity index (χ2n) is 3.45. The molecule has 5 heteroatoms. The number of thiazole rings is 1. The first-order chi connectivity index (χ1) is 8.76. The molecule has 94 valence electrons. The standard InChI is InChI=1S/C13H13NO2S2/c1-3-16-12(15)10-11(18-13(14-10)17-2)9-7-5-4-6-8-9/h4-8H,3H2,1-2H3. The minimum Gasteiger partial charge on any atom is -0.461 e. The van der Waals surface area contributed by atoms with Crippen molar-refractivity contribution in [2.24, 2.45) is 0 Å². The largest absolute Gasteiger partial charge is 0.461 e. The summed E-state index contributed by atoms with van der Waals surface area (Å²) in [5, 5.41) is 0. The van der Waals surface area contributed by atoms with Crippen molar-refractivity contribution in [3.05, 3.63) is 36.0 Å². The van der Waals surface area contributed by atoms with Gasteiger partial charge in [-0.2, -0.15) is 0 Å². The van der Waals surface area contributed by atoms with E-state index in [0.29, 0.717) is 12.3 Å². The molecule has 0 amide bonds. The lowest BCUT2D eigenvalue weighted by atomic mass is 10.1. The second kappa shape index (κ2) is 6.02. The van der Waals surface area contributed by atoms with Gasteiger partial charge in [0.1, 0.15) is 0 Å². The van der Waals surface area contributed by atoms with E-state index in [9.17, 15) is 4.79 Å². The van der Waals surface area contributed by atoms with Crippen molar-refractivity contribution in [1.29, 1.82) is 0 Å². The van der Waals surface area contributed by atoms with Crippen LogP contribution in [0.5, 0.6) is 0 Å². The van der Waals surface area contributed by atoms with E-state index in [1.165, 1.54) is 23.1 Å². The van der Waals surface area contributed by atoms with E-state index in [4.69, 9.17) is 4.74 Å². The van der Waals surface area contributed by atoms with Crippen LogP contribution in [0.1, 0.15) is 17.4 Å². The molecular formula is C13H13NO2S2. The third-order valence-electron chi connectivity index (χ3n) is 2.29. The van der Waals surface area contributed by atoms with Crippen LogP contribution in [0.2, 0.25) is 0 Å². The lowest BCUT2D eigenvalue weighted by molar-refractivity contribution is 0.0521. The fourth-order valence-corrected chi connectivity index (χ4v) is 3.07. The predicted octanol–water partition coefficient (Wildman–Crippen LogP) is 3.71. The third kappa shape index (κ3) is 2.73. The number of aromatic nitrogens is 1. The summed E-state index contributed by atoms with van der Waals surface area (Å²) in [4.78, 5) is 17.1. The second-order valence-corrected chi connectivity index (χ2v) is 5.50. The summed E-state index contributed by atoms with van der Waals surface area (Å²) in [6.45, 7) is 2.15. The molecule has 1 aromatic heterocycles. The number of ether oxygens (including phenoxy) is 1. The molecule has 0 atom stereocenters. The molecule has 0 unspecified atom stereocenters. The van der Waals surface area contributed by atoms with Gasteiger partial charge in [-0.1, -0.05) is 42.1 Å². The van der Waals surface area contributed by atoms with Gasteiger partial charge in [0.25, 0.3) is 0 Å². The molecular weight excluding hydrogens is 266 g/mol. The Labute approximate surface area is 114 Å². The molecule has 0 aliphatic carbocycles. The van der Waals surface area contributed by atoms with Crippen LogP contribution in [0.4, 0.5) is 0 Å². The van der Waals surface area contributed by atoms with Crippen molar-refractivity contribution in [1.82, 2.24) is 4.98 Å². The smallest absolute Gasteiger partial charge is 0.358 e. The zero-order chi connectivity index (χ0) is 13.0. The molecule has 0 N–H and O–H groups in total. The predicted molar refractivity (Wildman–Crippen MR) is 75.3 cm³/mol. The quantitative estimate of drug-likeness (QED) is 0.632. The number of thioether (sulfide) groups is 1. The Kier molecular flexibility index (Phi) is 4.38. The van der Waals surface area contributed by atoms with Gasteiger partial charge >= 0.3 is 5.97 Å². The number of hydrogen-bond donors (Lipinski definition) is 0. The maximum atomic E-state index is 11.9. The summed E-state index contributed by atoms with van der Waals surface area (Å²) in [7, 11) is 0. The molecule has 0 bridgehead atoms. The van der Waals surface area contributed by atoms with E-state index < -0.39 is 0 Å². The van der Waals surface area contributed by atoms with E-state index in [2.05, 4.69) is 4.98 Å². The minimum absolute atomic E-state index is 0.354. The van der Waals surface area contributed by atoms with Gasteiger partial charge in [-0.15, -0.1) is 11.3 Å². The van der Waals surface area contributed by atoms with Gasteiger partial charge in [-0.25, -0.2) is 9.78 Å². The molecule has 0 spiro atoms. The van der Waals surface area contributed by atoms with E-state index >= 15 is 0 Å². The Balaban J connectivity index is 2.45. The summed E-state index contributed by atoms with van der Waals surface area (Å²) >= 11 is 3.05. The normalized spacial score (nSPS) is 10.3. The van der Waals surface area contributed by atoms with Crippen LogP contribution in [0, 0.1) is 0 Å². The fraction of sp³-hybridized carbons (Fsp3) is 0.231. The first kappa shape index (κ1) is 13.1. The zero-order valence-electron chi connectivity index (χ0n) is 10.2. The van der Waals surface area contributed by atoms with Crippen molar-refractivity contribution in [3.63, 3.8) is 0 Å². The lowest BCUT2D eigenvalue weighted by Crippen LogP contribution is -2.06. The van der Waals surface area contributed by atoms with E-state index in [1.807, 2.05) is 36.6 Å². The molecule has 0 aliphatic heterocycles. The first-order valence-electron chi connectivity index (χ1n) is 5.53. The highest BCUT2D eigenvalue weighted by molar-refractivity contribution is 8.00. The first-order valence-corrected chi connectivity index (χ1v) is 7.57. The molecule has 1 heterocycles. The minimum atomic E-state index is -0.354. The SMILES string of the molecule is CCOC(=O)c1nc(SC)sc1-c1ccccc1. The number of nitrogens with zero attached hydrogens (tertiary/aromatic N) is 1. The summed E-state index contributed by atoms with van der Waals surface area (Å²) in [5.74, 6) is -0.354. The van der Waals surface area contributed by atoms with Crippen molar-refractivity contribution >= 4 is 29.1 Å². The molecule has 0 fully saturated rings. The maximum absolute atomic E-state index is 11.9. The Morgan fingerprint density at radius 1 is 1.39 bits per heavy atom. The van der Waals surface area contributed by atoms with Crippen LogP contribution < -0.4 is 0 Å². The Bertz CT molecular complexity index is 537. The van der Waals surface area contributed by atoms with Crippen LogP contribution >= 0.6 is 23.1 Å². The fourth-order valence-electron chi connectivity index (χ4n) is 1.51. The molecule has 0 radical (unpaired) electrons. The Morgan fingerprint density at radius 3 is 2.72 bits per heavy atom. The number of carbonyl (C=O) groups is 1. The lowest BCUT2D eigenvalue weighted by Gasteiger charge is -2.01. The average molecular weight is 279 g/mol. The average Bonchev–Trinajstić information content (AvgIpc) is 2.84. The summed E-state index contributed by atoms with van der Waals surface area (Å²) < 4.78 is 5.92. The van der Waals surface area contributed by atoms with Gasteiger partial charge in [-0.05, 0) is 18.7 Å². The summed E-state index contributed by atoms with van der Waals surface area (Å²) in [6.07, 6.45) is 1.95. The molecule has 2 aromatic rings. The molecule has 0 saturated carbocycles. The molecule has 1 aromatic carbocycles. The third-order valence-corrected chi connectivity index (χ3v) is 4.38. The van der Waals surface area contributed by atoms with Crippen LogP contribution in [0.15, 0.2) is 34.7 Å². The zero-order valence-corrected chi connectivity index (χ0v) is 11.8. The molecule has 2 rings (SSSR count). The summed E-state index contributed by atoms with van der Waals surface area (Å²) in [5.41, 5.74) is 1.41. The number of hydrogen-bond acceptors (Lipinski definition) is 5. The highest BCUT2D eigenvalue weighted by Gasteiger charge is 2.20. The number of carbonyl (C=O) groups excluding carboxylic acids is 1. The highest BCUT2D eigenvalue weighted by atomic mass is 32.2. The van der Waals surface area contributed by atoms with Gasteiger partial charge in [0.05, 0.1) is 11.5 Å². The van der Waals surface area contributed by atoms with Crippen molar-refractivity contribution in [2.45, 2.75) is 11.3 Å². The molecule has 3 nitrogen and oxygen atoms in total. The van der Waals surface area contributed by atoms with E-state index in [1.54, 1.807) is 6.92 Å². The van der Waals surface area contributed by atoms with Crippen molar-refractivity contribution in [2.75, 3.05) is 12.9 Å². The topological polar surface area (TPSA) is 39.2 Å². The highest BCUT2D eigenvalue weighted by Crippen LogP contribution is 2.34. The molecule has 18 heavy (non-hydrogen) atoms. The van der Waals surface area contributed by atoms with Crippen molar-refractivity contribution < 1.29 is 9.53 Å². The van der Waals surface area contributed by atoms with Crippen LogP contribution in [0.3, 0.4) is 0 Å². The van der Waals surface area contributed by atoms with Gasteiger partial charge in [0.15, 0.2) is 10.0 Å². The van der Waals surface area contributed by atoms with Crippen LogP contribution in [-0.4, -0.2) is 23.8 Å². The van der Waals surface area contributed by atoms with Gasteiger partial charge in [0.2, 0.25) is 0 Å². The van der Waals surface area contributed by atoms with Crippen LogP contribution in [-0.2, 0) is 4.74 Å². The van der Waals surface area contributed by atoms with E-state index in [0.717, 1.165) is 14.8 Å². The van der Waals surface area contributed by atoms with Gasteiger partial charge in [0, 0.05) is 0 Å². The number of benzene rings is 1. The number of esters is 1. The van der Waals surface area contributed by atoms with E-state index in [-0.39, 0.29) is 5.97 Å². The summed E-state index contributed by atoms with van der Waals surface area (Å²) in [6, 6.07) is 9.79. The van der Waals surface area contributed by atoms with Gasteiger partial charge < -0.3 is 4.74 Å². The monoisotopic (exact) mass is 279 g/mol. The van der Waals surface area contributed by atoms with Crippen molar-refractivity contribution in [3.8, 4) is 10.4 Å². The molecule has 0 saturated heterocycles. The van der Waals surface area contributed by atoms with Crippen LogP contribution in [0.25, 0.3) is 10.4 Å². The molecule has 0 aliphatic rings. The van der Waals surface area contributed by atoms with Gasteiger partial charge in [-0.3, -0.25) is 0 Å². The Morgan fingerprint density at radius 2 is 2.11 bits per heavy atom. The maximum Gasteiger partial charge on any atom is 0.358 e. The Hall–Kier alpha value is -1.33. The number of rotatable bonds is 4.